The van der Waals surface area contributed by atoms with E-state index in [9.17, 15) is 8.42 Å². The molecule has 0 saturated carbocycles. The number of piperazine rings is 1. The monoisotopic (exact) mass is 536 g/mol. The molecule has 0 N–H and O–H groups in total. The van der Waals surface area contributed by atoms with E-state index >= 15 is 0 Å². The van der Waals surface area contributed by atoms with Crippen molar-refractivity contribution in [3.05, 3.63) is 48.2 Å². The van der Waals surface area contributed by atoms with Gasteiger partial charge in [0.05, 0.1) is 30.9 Å². The van der Waals surface area contributed by atoms with Crippen LogP contribution in [0.4, 0.5) is 11.6 Å². The predicted molar refractivity (Wildman–Crippen MR) is 147 cm³/mol. The molecule has 3 aromatic heterocycles. The van der Waals surface area contributed by atoms with Crippen molar-refractivity contribution in [2.75, 3.05) is 68.5 Å². The molecule has 2 aliphatic rings. The summed E-state index contributed by atoms with van der Waals surface area (Å²) in [5, 5.41) is 4.85. The van der Waals surface area contributed by atoms with Crippen LogP contribution in [0.15, 0.2) is 42.6 Å². The van der Waals surface area contributed by atoms with Gasteiger partial charge in [-0.3, -0.25) is 4.57 Å². The van der Waals surface area contributed by atoms with Gasteiger partial charge in [-0.15, -0.1) is 0 Å². The summed E-state index contributed by atoms with van der Waals surface area (Å²) in [5.41, 5.74) is 5.72. The van der Waals surface area contributed by atoms with Crippen molar-refractivity contribution < 1.29 is 13.2 Å². The van der Waals surface area contributed by atoms with Crippen LogP contribution in [0, 0.1) is 6.92 Å². The SMILES string of the molecule is Cc1cccc(-c2ccn(-c3cc(N4CCOCC4)c4nc(N5CCN(S(C)(=O)=O)CC5)n(C)c4n3)n2)c1. The van der Waals surface area contributed by atoms with Crippen molar-refractivity contribution in [2.24, 2.45) is 7.05 Å². The van der Waals surface area contributed by atoms with E-state index in [0.29, 0.717) is 45.2 Å². The van der Waals surface area contributed by atoms with Crippen LogP contribution in [-0.4, -0.2) is 95.8 Å². The van der Waals surface area contributed by atoms with E-state index in [1.165, 1.54) is 16.1 Å². The second kappa shape index (κ2) is 9.68. The molecular formula is C26H32N8O3S. The van der Waals surface area contributed by atoms with Crippen LogP contribution in [0.5, 0.6) is 0 Å². The smallest absolute Gasteiger partial charge is 0.211 e. The van der Waals surface area contributed by atoms with Gasteiger partial charge in [0.25, 0.3) is 0 Å². The lowest BCUT2D eigenvalue weighted by Gasteiger charge is -2.33. The Morgan fingerprint density at radius 2 is 1.68 bits per heavy atom. The summed E-state index contributed by atoms with van der Waals surface area (Å²) in [4.78, 5) is 14.5. The molecule has 0 unspecified atom stereocenters. The summed E-state index contributed by atoms with van der Waals surface area (Å²) in [6.45, 7) is 6.95. The summed E-state index contributed by atoms with van der Waals surface area (Å²) in [7, 11) is -1.24. The molecule has 6 rings (SSSR count). The Kier molecular flexibility index (Phi) is 6.33. The molecule has 38 heavy (non-hydrogen) atoms. The molecule has 0 atom stereocenters. The van der Waals surface area contributed by atoms with Gasteiger partial charge in [-0.1, -0.05) is 23.8 Å². The fraction of sp³-hybridized carbons (Fsp3) is 0.423. The number of imidazole rings is 1. The molecule has 0 spiro atoms. The van der Waals surface area contributed by atoms with Gasteiger partial charge in [0.1, 0.15) is 5.52 Å². The first kappa shape index (κ1) is 24.8. The summed E-state index contributed by atoms with van der Waals surface area (Å²) in [6, 6.07) is 12.4. The Labute approximate surface area is 222 Å². The van der Waals surface area contributed by atoms with Crippen LogP contribution >= 0.6 is 0 Å². The minimum absolute atomic E-state index is 0.437. The van der Waals surface area contributed by atoms with Gasteiger partial charge in [0.2, 0.25) is 16.0 Å². The number of fused-ring (bicyclic) bond motifs is 1. The minimum Gasteiger partial charge on any atom is -0.378 e. The number of hydrogen-bond donors (Lipinski definition) is 0. The number of aryl methyl sites for hydroxylation is 2. The Morgan fingerprint density at radius 1 is 0.921 bits per heavy atom. The van der Waals surface area contributed by atoms with Gasteiger partial charge < -0.3 is 14.5 Å². The number of morpholine rings is 1. The number of pyridine rings is 1. The maximum atomic E-state index is 12.0. The first-order valence-electron chi connectivity index (χ1n) is 12.8. The second-order valence-corrected chi connectivity index (χ2v) is 11.9. The molecule has 4 aromatic rings. The zero-order valence-corrected chi connectivity index (χ0v) is 22.7. The lowest BCUT2D eigenvalue weighted by atomic mass is 10.1. The lowest BCUT2D eigenvalue weighted by molar-refractivity contribution is 0.123. The molecule has 2 fully saturated rings. The summed E-state index contributed by atoms with van der Waals surface area (Å²) >= 11 is 0. The fourth-order valence-corrected chi connectivity index (χ4v) is 6.01. The lowest BCUT2D eigenvalue weighted by Crippen LogP contribution is -2.49. The van der Waals surface area contributed by atoms with Crippen LogP contribution in [0.1, 0.15) is 5.56 Å². The van der Waals surface area contributed by atoms with Gasteiger partial charge in [0, 0.05) is 64.1 Å². The second-order valence-electron chi connectivity index (χ2n) is 9.91. The molecule has 0 bridgehead atoms. The maximum Gasteiger partial charge on any atom is 0.211 e. The van der Waals surface area contributed by atoms with Crippen molar-refractivity contribution in [3.63, 3.8) is 0 Å². The number of hydrogen-bond acceptors (Lipinski definition) is 8. The average molecular weight is 537 g/mol. The number of nitrogens with zero attached hydrogens (tertiary/aromatic N) is 8. The number of ether oxygens (including phenoxy) is 1. The quantitative estimate of drug-likeness (QED) is 0.382. The Balaban J connectivity index is 1.41. The summed E-state index contributed by atoms with van der Waals surface area (Å²) in [5.74, 6) is 1.50. The normalized spacial score (nSPS) is 17.4. The van der Waals surface area contributed by atoms with E-state index in [0.717, 1.165) is 47.1 Å². The average Bonchev–Trinajstić information content (AvgIpc) is 3.54. The molecular weight excluding hydrogens is 504 g/mol. The van der Waals surface area contributed by atoms with Crippen molar-refractivity contribution in [2.45, 2.75) is 6.92 Å². The third-order valence-corrected chi connectivity index (χ3v) is 8.55. The number of rotatable bonds is 5. The zero-order valence-electron chi connectivity index (χ0n) is 21.9. The van der Waals surface area contributed by atoms with Crippen LogP contribution in [0.25, 0.3) is 28.2 Å². The van der Waals surface area contributed by atoms with Gasteiger partial charge in [-0.05, 0) is 19.1 Å². The van der Waals surface area contributed by atoms with Crippen LogP contribution in [0.3, 0.4) is 0 Å². The Hall–Kier alpha value is -3.48. The first-order chi connectivity index (χ1) is 18.3. The van der Waals surface area contributed by atoms with Crippen LogP contribution < -0.4 is 9.80 Å². The molecule has 12 heteroatoms. The highest BCUT2D eigenvalue weighted by atomic mass is 32.2. The Bertz CT molecular complexity index is 1580. The van der Waals surface area contributed by atoms with Gasteiger partial charge >= 0.3 is 0 Å². The van der Waals surface area contributed by atoms with E-state index in [4.69, 9.17) is 19.8 Å². The third kappa shape index (κ3) is 4.63. The molecule has 200 valence electrons. The van der Waals surface area contributed by atoms with Gasteiger partial charge in [-0.25, -0.2) is 23.1 Å². The number of benzene rings is 1. The summed E-state index contributed by atoms with van der Waals surface area (Å²) in [6.07, 6.45) is 3.20. The largest absolute Gasteiger partial charge is 0.378 e. The number of sulfonamides is 1. The molecule has 0 aliphatic carbocycles. The first-order valence-corrected chi connectivity index (χ1v) is 14.7. The van der Waals surface area contributed by atoms with Crippen molar-refractivity contribution >= 4 is 32.8 Å². The molecule has 0 radical (unpaired) electrons. The van der Waals surface area contributed by atoms with E-state index in [2.05, 4.69) is 41.0 Å². The fourth-order valence-electron chi connectivity index (χ4n) is 5.18. The molecule has 11 nitrogen and oxygen atoms in total. The van der Waals surface area contributed by atoms with Crippen molar-refractivity contribution in [1.82, 2.24) is 28.6 Å². The van der Waals surface area contributed by atoms with Crippen molar-refractivity contribution in [3.8, 4) is 17.1 Å². The van der Waals surface area contributed by atoms with E-state index < -0.39 is 10.0 Å². The topological polar surface area (TPSA) is 102 Å². The molecule has 1 aromatic carbocycles. The highest BCUT2D eigenvalue weighted by Crippen LogP contribution is 2.32. The predicted octanol–water partition coefficient (Wildman–Crippen LogP) is 2.05. The molecule has 2 saturated heterocycles. The van der Waals surface area contributed by atoms with Gasteiger partial charge in [-0.2, -0.15) is 9.40 Å². The van der Waals surface area contributed by atoms with E-state index in [-0.39, 0.29) is 0 Å². The highest BCUT2D eigenvalue weighted by Gasteiger charge is 2.28. The molecule has 5 heterocycles. The van der Waals surface area contributed by atoms with Crippen LogP contribution in [-0.2, 0) is 21.8 Å². The molecule has 0 amide bonds. The number of anilines is 2. The Morgan fingerprint density at radius 3 is 2.39 bits per heavy atom. The maximum absolute atomic E-state index is 12.0. The molecule has 2 aliphatic heterocycles. The highest BCUT2D eigenvalue weighted by molar-refractivity contribution is 7.88. The zero-order chi connectivity index (χ0) is 26.4. The standard InChI is InChI=1S/C26H32N8O3S/c1-19-5-4-6-20(17-19)21-7-8-34(29-21)23-18-22(31-13-15-37-16-14-31)24-25(27-23)30(2)26(28-24)32-9-11-33(12-10-32)38(3,35)36/h4-8,17-18H,9-16H2,1-3H3. The van der Waals surface area contributed by atoms with E-state index in [1.807, 2.05) is 34.6 Å². The van der Waals surface area contributed by atoms with Gasteiger partial charge in [0.15, 0.2) is 11.5 Å². The summed E-state index contributed by atoms with van der Waals surface area (Å²) < 4.78 is 34.9. The van der Waals surface area contributed by atoms with E-state index in [1.54, 1.807) is 0 Å². The van der Waals surface area contributed by atoms with Crippen molar-refractivity contribution in [1.29, 1.82) is 0 Å². The van der Waals surface area contributed by atoms with Crippen LogP contribution in [0.2, 0.25) is 0 Å². The minimum atomic E-state index is -3.21. The third-order valence-electron chi connectivity index (χ3n) is 7.25. The number of aromatic nitrogens is 5.